The van der Waals surface area contributed by atoms with Gasteiger partial charge in [0, 0.05) is 18.7 Å². The average Bonchev–Trinajstić information content (AvgIpc) is 2.48. The quantitative estimate of drug-likeness (QED) is 0.638. The number of nitro benzene ring substituents is 2. The molecule has 0 saturated heterocycles. The summed E-state index contributed by atoms with van der Waals surface area (Å²) >= 11 is 0. The van der Waals surface area contributed by atoms with Gasteiger partial charge in [0.15, 0.2) is 5.92 Å². The molecule has 12 nitrogen and oxygen atoms in total. The molecule has 23 heavy (non-hydrogen) atoms. The van der Waals surface area contributed by atoms with Gasteiger partial charge in [0.2, 0.25) is 0 Å². The monoisotopic (exact) mass is 321 g/mol. The topological polar surface area (TPSA) is 177 Å². The highest BCUT2D eigenvalue weighted by atomic mass is 16.6. The van der Waals surface area contributed by atoms with Crippen molar-refractivity contribution in [2.45, 2.75) is 5.92 Å². The number of hydrogen-bond acceptors (Lipinski definition) is 9. The second-order valence-corrected chi connectivity index (χ2v) is 4.50. The van der Waals surface area contributed by atoms with Crippen LogP contribution >= 0.6 is 0 Å². The number of allylic oxidation sites excluding steroid dienone is 1. The number of fused-ring (bicyclic) bond motifs is 1. The molecule has 0 spiro atoms. The van der Waals surface area contributed by atoms with Gasteiger partial charge in [0.05, 0.1) is 26.9 Å². The molecular weight excluding hydrogens is 314 g/mol. The van der Waals surface area contributed by atoms with Crippen molar-refractivity contribution in [3.63, 3.8) is 0 Å². The molecule has 1 unspecified atom stereocenters. The number of non-ortho nitro benzene ring substituents is 1. The van der Waals surface area contributed by atoms with E-state index >= 15 is 0 Å². The van der Waals surface area contributed by atoms with Crippen molar-refractivity contribution in [3.8, 4) is 6.07 Å². The first-order valence-corrected chi connectivity index (χ1v) is 5.88. The van der Waals surface area contributed by atoms with Crippen molar-refractivity contribution in [2.75, 3.05) is 11.9 Å². The summed E-state index contributed by atoms with van der Waals surface area (Å²) in [6.07, 6.45) is 0. The lowest BCUT2D eigenvalue weighted by Gasteiger charge is -2.26. The predicted molar refractivity (Wildman–Crippen MR) is 73.2 cm³/mol. The van der Waals surface area contributed by atoms with Gasteiger partial charge < -0.3 is 10.0 Å². The summed E-state index contributed by atoms with van der Waals surface area (Å²) in [5, 5.41) is 52.2. The van der Waals surface area contributed by atoms with Gasteiger partial charge in [-0.15, -0.1) is 0 Å². The summed E-state index contributed by atoms with van der Waals surface area (Å²) in [5.74, 6) is -2.62. The Labute approximate surface area is 126 Å². The van der Waals surface area contributed by atoms with E-state index in [1.54, 1.807) is 6.07 Å². The van der Waals surface area contributed by atoms with Crippen molar-refractivity contribution >= 4 is 17.1 Å². The van der Waals surface area contributed by atoms with Gasteiger partial charge in [-0.25, -0.2) is 0 Å². The first kappa shape index (κ1) is 15.6. The maximum absolute atomic E-state index is 11.2. The molecule has 118 valence electrons. The van der Waals surface area contributed by atoms with Gasteiger partial charge in [0.1, 0.15) is 5.69 Å². The van der Waals surface area contributed by atoms with Crippen LogP contribution in [0.1, 0.15) is 11.5 Å². The Morgan fingerprint density at radius 2 is 1.78 bits per heavy atom. The van der Waals surface area contributed by atoms with Crippen LogP contribution in [0.2, 0.25) is 0 Å². The molecule has 0 bridgehead atoms. The maximum atomic E-state index is 11.2. The second-order valence-electron chi connectivity index (χ2n) is 4.50. The van der Waals surface area contributed by atoms with Crippen LogP contribution < -0.4 is 4.90 Å². The van der Waals surface area contributed by atoms with E-state index in [1.165, 1.54) is 0 Å². The SMILES string of the molecule is CN1C(O)=C([N+](=O)[O-])C(C#N)c2cc([N+](=O)[O-])cc([N+](=O)[O-])c21. The Morgan fingerprint density at radius 3 is 2.22 bits per heavy atom. The van der Waals surface area contributed by atoms with E-state index in [9.17, 15) is 35.4 Å². The van der Waals surface area contributed by atoms with E-state index in [0.29, 0.717) is 6.07 Å². The number of aliphatic hydroxyl groups is 1. The highest BCUT2D eigenvalue weighted by molar-refractivity contribution is 5.77. The van der Waals surface area contributed by atoms with Crippen molar-refractivity contribution in [3.05, 3.63) is 59.6 Å². The van der Waals surface area contributed by atoms with Crippen molar-refractivity contribution in [1.82, 2.24) is 0 Å². The summed E-state index contributed by atoms with van der Waals surface area (Å²) < 4.78 is 0. The molecule has 2 rings (SSSR count). The fraction of sp³-hybridized carbons (Fsp3) is 0.182. The summed E-state index contributed by atoms with van der Waals surface area (Å²) in [6, 6.07) is 3.05. The van der Waals surface area contributed by atoms with Gasteiger partial charge in [-0.2, -0.15) is 5.26 Å². The standard InChI is InChI=1S/C11H7N5O7/c1-13-9-6(7(4-12)10(11(13)17)16(22)23)2-5(14(18)19)3-8(9)15(20)21/h2-3,7,17H,1H3. The van der Waals surface area contributed by atoms with E-state index in [-0.39, 0.29) is 11.3 Å². The molecule has 1 N–H and O–H groups in total. The lowest BCUT2D eigenvalue weighted by molar-refractivity contribution is -0.432. The molecule has 1 heterocycles. The number of aliphatic hydroxyl groups excluding tert-OH is 1. The van der Waals surface area contributed by atoms with E-state index in [2.05, 4.69) is 0 Å². The van der Waals surface area contributed by atoms with Gasteiger partial charge in [-0.1, -0.05) is 0 Å². The third kappa shape index (κ3) is 2.25. The van der Waals surface area contributed by atoms with Crippen LogP contribution in [0.4, 0.5) is 17.1 Å². The minimum absolute atomic E-state index is 0.291. The van der Waals surface area contributed by atoms with Crippen LogP contribution in [-0.2, 0) is 0 Å². The van der Waals surface area contributed by atoms with Crippen LogP contribution in [0.25, 0.3) is 0 Å². The summed E-state index contributed by atoms with van der Waals surface area (Å²) in [6.45, 7) is 0. The van der Waals surface area contributed by atoms with Crippen LogP contribution in [0, 0.1) is 41.7 Å². The first-order valence-electron chi connectivity index (χ1n) is 5.88. The van der Waals surface area contributed by atoms with Crippen molar-refractivity contribution < 1.29 is 19.9 Å². The zero-order chi connectivity index (χ0) is 17.5. The Bertz CT molecular complexity index is 825. The fourth-order valence-corrected chi connectivity index (χ4v) is 2.33. The molecular formula is C11H7N5O7. The molecule has 1 aromatic carbocycles. The molecule has 12 heteroatoms. The Balaban J connectivity index is 2.90. The minimum atomic E-state index is -1.69. The van der Waals surface area contributed by atoms with Gasteiger partial charge >= 0.3 is 5.70 Å². The molecule has 0 aromatic heterocycles. The van der Waals surface area contributed by atoms with E-state index in [1.807, 2.05) is 0 Å². The van der Waals surface area contributed by atoms with E-state index < -0.39 is 43.6 Å². The normalized spacial score (nSPS) is 16.5. The van der Waals surface area contributed by atoms with E-state index in [0.717, 1.165) is 18.0 Å². The number of nitrogens with zero attached hydrogens (tertiary/aromatic N) is 5. The highest BCUT2D eigenvalue weighted by Crippen LogP contribution is 2.46. The minimum Gasteiger partial charge on any atom is -0.490 e. The molecule has 1 aliphatic rings. The lowest BCUT2D eigenvalue weighted by Crippen LogP contribution is -2.30. The van der Waals surface area contributed by atoms with Crippen molar-refractivity contribution in [1.29, 1.82) is 5.26 Å². The fourth-order valence-electron chi connectivity index (χ4n) is 2.33. The third-order valence-corrected chi connectivity index (χ3v) is 3.30. The zero-order valence-electron chi connectivity index (χ0n) is 11.4. The maximum Gasteiger partial charge on any atom is 0.327 e. The van der Waals surface area contributed by atoms with Gasteiger partial charge in [-0.3, -0.25) is 30.3 Å². The Hall–Kier alpha value is -3.75. The molecule has 0 aliphatic carbocycles. The molecule has 0 radical (unpaired) electrons. The molecule has 1 aliphatic heterocycles. The Kier molecular flexibility index (Phi) is 3.55. The number of rotatable bonds is 3. The third-order valence-electron chi connectivity index (χ3n) is 3.30. The summed E-state index contributed by atoms with van der Waals surface area (Å²) in [4.78, 5) is 31.0. The smallest absolute Gasteiger partial charge is 0.327 e. The second kappa shape index (κ2) is 5.22. The molecule has 0 saturated carbocycles. The van der Waals surface area contributed by atoms with Gasteiger partial charge in [0.25, 0.3) is 17.3 Å². The zero-order valence-corrected chi connectivity index (χ0v) is 11.4. The van der Waals surface area contributed by atoms with Crippen LogP contribution in [0.5, 0.6) is 0 Å². The van der Waals surface area contributed by atoms with Crippen LogP contribution in [-0.4, -0.2) is 26.9 Å². The predicted octanol–water partition coefficient (Wildman–Crippen LogP) is 1.56. The summed E-state index contributed by atoms with van der Waals surface area (Å²) in [7, 11) is 1.12. The average molecular weight is 321 g/mol. The Morgan fingerprint density at radius 1 is 1.17 bits per heavy atom. The van der Waals surface area contributed by atoms with Crippen LogP contribution in [0.15, 0.2) is 23.7 Å². The number of benzene rings is 1. The highest BCUT2D eigenvalue weighted by Gasteiger charge is 2.44. The summed E-state index contributed by atoms with van der Waals surface area (Å²) in [5.41, 5.74) is -2.94. The number of nitro groups is 3. The number of anilines is 1. The first-order chi connectivity index (χ1) is 10.7. The number of hydrogen-bond donors (Lipinski definition) is 1. The number of nitriles is 1. The van der Waals surface area contributed by atoms with Gasteiger partial charge in [-0.05, 0) is 0 Å². The molecule has 0 fully saturated rings. The molecule has 1 aromatic rings. The van der Waals surface area contributed by atoms with E-state index in [4.69, 9.17) is 5.26 Å². The molecule has 1 atom stereocenters. The van der Waals surface area contributed by atoms with Crippen molar-refractivity contribution in [2.24, 2.45) is 0 Å². The molecule has 0 amide bonds. The van der Waals surface area contributed by atoms with Crippen LogP contribution in [0.3, 0.4) is 0 Å². The largest absolute Gasteiger partial charge is 0.490 e. The lowest BCUT2D eigenvalue weighted by atomic mass is 9.90.